The molecule has 1 heterocycles. The van der Waals surface area contributed by atoms with Gasteiger partial charge in [-0.2, -0.15) is 0 Å². The number of ketones is 1. The van der Waals surface area contributed by atoms with Gasteiger partial charge in [0.25, 0.3) is 0 Å². The number of hydrogen-bond acceptors (Lipinski definition) is 5. The predicted molar refractivity (Wildman–Crippen MR) is 86.2 cm³/mol. The van der Waals surface area contributed by atoms with Crippen molar-refractivity contribution in [3.05, 3.63) is 59.2 Å². The Bertz CT molecular complexity index is 843. The van der Waals surface area contributed by atoms with Gasteiger partial charge in [-0.25, -0.2) is 4.79 Å². The third kappa shape index (κ3) is 2.99. The number of anilines is 1. The number of esters is 1. The molecule has 0 saturated carbocycles. The van der Waals surface area contributed by atoms with Crippen LogP contribution < -0.4 is 5.32 Å². The van der Waals surface area contributed by atoms with Gasteiger partial charge in [0.15, 0.2) is 12.4 Å². The largest absolute Gasteiger partial charge is 0.508 e. The Balaban J connectivity index is 1.68. The molecular weight excluding hydrogens is 310 g/mol. The predicted octanol–water partition coefficient (Wildman–Crippen LogP) is 2.49. The van der Waals surface area contributed by atoms with Crippen LogP contribution in [0.15, 0.2) is 42.5 Å². The van der Waals surface area contributed by atoms with E-state index in [-0.39, 0.29) is 28.9 Å². The summed E-state index contributed by atoms with van der Waals surface area (Å²) in [6, 6.07) is 10.6. The van der Waals surface area contributed by atoms with E-state index in [1.54, 1.807) is 25.1 Å². The van der Waals surface area contributed by atoms with Crippen molar-refractivity contribution in [3.8, 4) is 5.75 Å². The third-order valence-electron chi connectivity index (χ3n) is 3.91. The van der Waals surface area contributed by atoms with Crippen LogP contribution in [0.4, 0.5) is 5.69 Å². The zero-order chi connectivity index (χ0) is 17.3. The first-order valence-electron chi connectivity index (χ1n) is 7.40. The average Bonchev–Trinajstić information content (AvgIpc) is 2.86. The lowest BCUT2D eigenvalue weighted by Gasteiger charge is -2.07. The van der Waals surface area contributed by atoms with E-state index >= 15 is 0 Å². The normalized spacial score (nSPS) is 15.5. The molecule has 24 heavy (non-hydrogen) atoms. The van der Waals surface area contributed by atoms with Gasteiger partial charge in [-0.05, 0) is 48.9 Å². The number of nitrogens with one attached hydrogen (secondary N) is 1. The van der Waals surface area contributed by atoms with Crippen LogP contribution in [-0.2, 0) is 9.53 Å². The summed E-state index contributed by atoms with van der Waals surface area (Å²) in [5, 5.41) is 12.1. The zero-order valence-corrected chi connectivity index (χ0v) is 12.9. The molecule has 6 heteroatoms. The Hall–Kier alpha value is -3.15. The van der Waals surface area contributed by atoms with Crippen LogP contribution in [0.5, 0.6) is 5.75 Å². The first kappa shape index (κ1) is 15.7. The van der Waals surface area contributed by atoms with Crippen LogP contribution >= 0.6 is 0 Å². The molecule has 0 spiro atoms. The second-order valence-electron chi connectivity index (χ2n) is 5.56. The summed E-state index contributed by atoms with van der Waals surface area (Å²) >= 11 is 0. The summed E-state index contributed by atoms with van der Waals surface area (Å²) < 4.78 is 4.98. The van der Waals surface area contributed by atoms with E-state index in [4.69, 9.17) is 4.74 Å². The Morgan fingerprint density at radius 1 is 1.17 bits per heavy atom. The molecule has 2 aromatic carbocycles. The standard InChI is InChI=1S/C18H15NO5/c1-10-14-8-11(5-6-15(14)19-17(10)22)16(21)9-24-18(23)12-3-2-4-13(20)7-12/h2-8,10,20H,9H2,1H3,(H,19,22)/t10-/m1/s1. The fourth-order valence-electron chi connectivity index (χ4n) is 2.52. The summed E-state index contributed by atoms with van der Waals surface area (Å²) in [7, 11) is 0. The number of phenolic OH excluding ortho intramolecular Hbond substituents is 1. The van der Waals surface area contributed by atoms with Crippen molar-refractivity contribution < 1.29 is 24.2 Å². The van der Waals surface area contributed by atoms with Gasteiger partial charge in [0.1, 0.15) is 5.75 Å². The summed E-state index contributed by atoms with van der Waals surface area (Å²) in [6.45, 7) is 1.35. The number of ether oxygens (including phenoxy) is 1. The molecule has 1 aliphatic heterocycles. The number of carbonyl (C=O) groups excluding carboxylic acids is 3. The van der Waals surface area contributed by atoms with Gasteiger partial charge < -0.3 is 15.2 Å². The lowest BCUT2D eigenvalue weighted by molar-refractivity contribution is -0.116. The Morgan fingerprint density at radius 2 is 1.96 bits per heavy atom. The van der Waals surface area contributed by atoms with Crippen molar-refractivity contribution in [2.24, 2.45) is 0 Å². The molecule has 2 N–H and O–H groups in total. The van der Waals surface area contributed by atoms with Gasteiger partial charge in [-0.3, -0.25) is 9.59 Å². The van der Waals surface area contributed by atoms with Crippen molar-refractivity contribution in [1.82, 2.24) is 0 Å². The molecule has 1 atom stereocenters. The second kappa shape index (κ2) is 6.16. The Labute approximate surface area is 138 Å². The topological polar surface area (TPSA) is 92.7 Å². The molecule has 0 aliphatic carbocycles. The van der Waals surface area contributed by atoms with Gasteiger partial charge in [0.05, 0.1) is 11.5 Å². The molecule has 0 aromatic heterocycles. The SMILES string of the molecule is C[C@H]1C(=O)Nc2ccc(C(=O)COC(=O)c3cccc(O)c3)cc21. The molecule has 1 aliphatic rings. The van der Waals surface area contributed by atoms with E-state index in [2.05, 4.69) is 5.32 Å². The number of hydrogen-bond donors (Lipinski definition) is 2. The van der Waals surface area contributed by atoms with Gasteiger partial charge in [0, 0.05) is 11.3 Å². The number of fused-ring (bicyclic) bond motifs is 1. The highest BCUT2D eigenvalue weighted by atomic mass is 16.5. The van der Waals surface area contributed by atoms with Crippen LogP contribution in [0.3, 0.4) is 0 Å². The highest BCUT2D eigenvalue weighted by Gasteiger charge is 2.27. The molecule has 0 radical (unpaired) electrons. The number of amides is 1. The van der Waals surface area contributed by atoms with E-state index in [1.165, 1.54) is 24.3 Å². The molecular formula is C18H15NO5. The monoisotopic (exact) mass is 325 g/mol. The van der Waals surface area contributed by atoms with Crippen LogP contribution in [0.25, 0.3) is 0 Å². The lowest BCUT2D eigenvalue weighted by Crippen LogP contribution is -2.14. The summed E-state index contributed by atoms with van der Waals surface area (Å²) in [5.74, 6) is -1.53. The highest BCUT2D eigenvalue weighted by Crippen LogP contribution is 2.32. The molecule has 2 aromatic rings. The van der Waals surface area contributed by atoms with Crippen molar-refractivity contribution >= 4 is 23.3 Å². The highest BCUT2D eigenvalue weighted by molar-refractivity contribution is 6.05. The smallest absolute Gasteiger partial charge is 0.338 e. The molecule has 0 bridgehead atoms. The minimum Gasteiger partial charge on any atom is -0.508 e. The van der Waals surface area contributed by atoms with Gasteiger partial charge in [-0.1, -0.05) is 6.07 Å². The number of benzene rings is 2. The molecule has 0 fully saturated rings. The first-order valence-corrected chi connectivity index (χ1v) is 7.40. The van der Waals surface area contributed by atoms with E-state index in [9.17, 15) is 19.5 Å². The van der Waals surface area contributed by atoms with Gasteiger partial charge in [-0.15, -0.1) is 0 Å². The fraction of sp³-hybridized carbons (Fsp3) is 0.167. The number of rotatable bonds is 4. The van der Waals surface area contributed by atoms with Crippen molar-refractivity contribution in [1.29, 1.82) is 0 Å². The van der Waals surface area contributed by atoms with Crippen LogP contribution in [-0.4, -0.2) is 29.4 Å². The number of aromatic hydroxyl groups is 1. The third-order valence-corrected chi connectivity index (χ3v) is 3.91. The molecule has 6 nitrogen and oxygen atoms in total. The van der Waals surface area contributed by atoms with Gasteiger partial charge in [0.2, 0.25) is 5.91 Å². The van der Waals surface area contributed by atoms with Crippen LogP contribution in [0.1, 0.15) is 39.1 Å². The van der Waals surface area contributed by atoms with E-state index < -0.39 is 12.6 Å². The zero-order valence-electron chi connectivity index (χ0n) is 12.9. The Morgan fingerprint density at radius 3 is 2.71 bits per heavy atom. The minimum atomic E-state index is -0.689. The molecule has 0 saturated heterocycles. The van der Waals surface area contributed by atoms with Gasteiger partial charge >= 0.3 is 5.97 Å². The first-order chi connectivity index (χ1) is 11.5. The van der Waals surface area contributed by atoms with E-state index in [0.29, 0.717) is 11.3 Å². The number of Topliss-reactive ketones (excluding diaryl/α,β-unsaturated/α-hetero) is 1. The summed E-state index contributed by atoms with van der Waals surface area (Å²) in [6.07, 6.45) is 0. The maximum atomic E-state index is 12.2. The second-order valence-corrected chi connectivity index (χ2v) is 5.56. The number of carbonyl (C=O) groups is 3. The summed E-state index contributed by atoms with van der Waals surface area (Å²) in [5.41, 5.74) is 1.99. The quantitative estimate of drug-likeness (QED) is 0.665. The molecule has 3 rings (SSSR count). The average molecular weight is 325 g/mol. The van der Waals surface area contributed by atoms with Crippen molar-refractivity contribution in [3.63, 3.8) is 0 Å². The van der Waals surface area contributed by atoms with Crippen molar-refractivity contribution in [2.75, 3.05) is 11.9 Å². The number of phenols is 1. The molecule has 1 amide bonds. The lowest BCUT2D eigenvalue weighted by atomic mass is 9.99. The fourth-order valence-corrected chi connectivity index (χ4v) is 2.52. The van der Waals surface area contributed by atoms with E-state index in [0.717, 1.165) is 5.56 Å². The van der Waals surface area contributed by atoms with E-state index in [1.807, 2.05) is 0 Å². The maximum absolute atomic E-state index is 12.2. The van der Waals surface area contributed by atoms with Crippen LogP contribution in [0, 0.1) is 0 Å². The molecule has 0 unspecified atom stereocenters. The van der Waals surface area contributed by atoms with Crippen molar-refractivity contribution in [2.45, 2.75) is 12.8 Å². The van der Waals surface area contributed by atoms with Crippen LogP contribution in [0.2, 0.25) is 0 Å². The molecule has 122 valence electrons. The maximum Gasteiger partial charge on any atom is 0.338 e. The Kier molecular flexibility index (Phi) is 4.04. The summed E-state index contributed by atoms with van der Waals surface area (Å²) in [4.78, 5) is 35.7. The minimum absolute atomic E-state index is 0.0550.